The number of benzene rings is 1. The lowest BCUT2D eigenvalue weighted by Gasteiger charge is -2.37. The minimum Gasteiger partial charge on any atom is -0.480 e. The van der Waals surface area contributed by atoms with Crippen LogP contribution in [0.1, 0.15) is 28.8 Å². The highest BCUT2D eigenvalue weighted by molar-refractivity contribution is 5.98. The molecular formula is C17H20N4O5. The maximum Gasteiger partial charge on any atom is 0.411 e. The number of aliphatic carboxylic acids is 1. The first-order valence-corrected chi connectivity index (χ1v) is 8.23. The van der Waals surface area contributed by atoms with Crippen molar-refractivity contribution in [2.24, 2.45) is 5.73 Å². The normalized spacial score (nSPS) is 18.7. The first-order valence-electron chi connectivity index (χ1n) is 8.23. The zero-order valence-corrected chi connectivity index (χ0v) is 14.1. The van der Waals surface area contributed by atoms with Crippen LogP contribution in [-0.2, 0) is 9.53 Å². The number of amides is 2. The number of carbonyl (C=O) groups excluding carboxylic acids is 2. The molecule has 0 atom stereocenters. The van der Waals surface area contributed by atoms with E-state index in [4.69, 9.17) is 21.0 Å². The Morgan fingerprint density at radius 2 is 1.77 bits per heavy atom. The van der Waals surface area contributed by atoms with Gasteiger partial charge in [-0.25, -0.2) is 4.79 Å². The van der Waals surface area contributed by atoms with Crippen molar-refractivity contribution >= 4 is 23.8 Å². The Morgan fingerprint density at radius 3 is 2.31 bits per heavy atom. The fraction of sp³-hybridized carbons (Fsp3) is 0.412. The fourth-order valence-corrected chi connectivity index (χ4v) is 3.33. The summed E-state index contributed by atoms with van der Waals surface area (Å²) in [5.74, 6) is -1.28. The van der Waals surface area contributed by atoms with Crippen LogP contribution in [0, 0.1) is 5.41 Å². The second-order valence-electron chi connectivity index (χ2n) is 6.58. The molecule has 138 valence electrons. The van der Waals surface area contributed by atoms with Gasteiger partial charge in [0.1, 0.15) is 18.0 Å². The number of nitrogens with zero attached hydrogens (tertiary/aromatic N) is 2. The van der Waals surface area contributed by atoms with Crippen molar-refractivity contribution < 1.29 is 24.2 Å². The lowest BCUT2D eigenvalue weighted by Crippen LogP contribution is -2.49. The second-order valence-corrected chi connectivity index (χ2v) is 6.58. The monoisotopic (exact) mass is 360 g/mol. The molecule has 0 bridgehead atoms. The number of likely N-dealkylation sites (tertiary alicyclic amines) is 1. The van der Waals surface area contributed by atoms with Crippen molar-refractivity contribution in [3.8, 4) is 0 Å². The SMILES string of the molecule is N=C(N)c1ccc(C(=O)N2CCC3(CC2)CN(CC(=O)O)C(=O)O3)cc1. The number of hydrogen-bond acceptors (Lipinski definition) is 5. The summed E-state index contributed by atoms with van der Waals surface area (Å²) in [6, 6.07) is 6.52. The van der Waals surface area contributed by atoms with Gasteiger partial charge in [-0.1, -0.05) is 12.1 Å². The molecule has 1 aromatic carbocycles. The predicted octanol–water partition coefficient (Wildman–Crippen LogP) is 0.482. The van der Waals surface area contributed by atoms with Crippen LogP contribution in [0.15, 0.2) is 24.3 Å². The predicted molar refractivity (Wildman–Crippen MR) is 91.0 cm³/mol. The smallest absolute Gasteiger partial charge is 0.411 e. The van der Waals surface area contributed by atoms with Gasteiger partial charge in [0, 0.05) is 37.1 Å². The molecule has 2 aliphatic rings. The summed E-state index contributed by atoms with van der Waals surface area (Å²) in [5, 5.41) is 16.2. The van der Waals surface area contributed by atoms with Crippen molar-refractivity contribution in [3.63, 3.8) is 0 Å². The summed E-state index contributed by atoms with van der Waals surface area (Å²) in [6.07, 6.45) is 0.310. The number of carbonyl (C=O) groups is 3. The van der Waals surface area contributed by atoms with Crippen LogP contribution in [0.4, 0.5) is 4.79 Å². The molecule has 2 aliphatic heterocycles. The van der Waals surface area contributed by atoms with Crippen molar-refractivity contribution in [1.82, 2.24) is 9.80 Å². The van der Waals surface area contributed by atoms with Crippen LogP contribution in [0.5, 0.6) is 0 Å². The molecule has 0 aromatic heterocycles. The fourth-order valence-electron chi connectivity index (χ4n) is 3.33. The maximum atomic E-state index is 12.6. The van der Waals surface area contributed by atoms with E-state index in [9.17, 15) is 14.4 Å². The number of carboxylic acid groups (broad SMARTS) is 1. The third kappa shape index (κ3) is 3.46. The molecule has 2 saturated heterocycles. The van der Waals surface area contributed by atoms with Crippen molar-refractivity contribution in [2.45, 2.75) is 18.4 Å². The van der Waals surface area contributed by atoms with Crippen LogP contribution in [-0.4, -0.2) is 70.5 Å². The van der Waals surface area contributed by atoms with E-state index >= 15 is 0 Å². The number of ether oxygens (including phenoxy) is 1. The number of amidine groups is 1. The highest BCUT2D eigenvalue weighted by atomic mass is 16.6. The van der Waals surface area contributed by atoms with E-state index in [1.54, 1.807) is 29.2 Å². The van der Waals surface area contributed by atoms with Crippen molar-refractivity contribution in [2.75, 3.05) is 26.2 Å². The molecule has 2 amide bonds. The van der Waals surface area contributed by atoms with Gasteiger partial charge in [0.2, 0.25) is 0 Å². The molecular weight excluding hydrogens is 340 g/mol. The number of nitrogen functional groups attached to an aromatic ring is 1. The molecule has 2 heterocycles. The summed E-state index contributed by atoms with van der Waals surface area (Å²) < 4.78 is 5.43. The van der Waals surface area contributed by atoms with Gasteiger partial charge in [0.05, 0.1) is 6.54 Å². The lowest BCUT2D eigenvalue weighted by atomic mass is 9.91. The second kappa shape index (κ2) is 6.66. The van der Waals surface area contributed by atoms with Gasteiger partial charge >= 0.3 is 12.1 Å². The van der Waals surface area contributed by atoms with Crippen LogP contribution in [0.3, 0.4) is 0 Å². The van der Waals surface area contributed by atoms with E-state index in [0.717, 1.165) is 0 Å². The molecule has 1 aromatic rings. The molecule has 1 spiro atoms. The summed E-state index contributed by atoms with van der Waals surface area (Å²) in [7, 11) is 0. The van der Waals surface area contributed by atoms with Crippen molar-refractivity contribution in [1.29, 1.82) is 5.41 Å². The molecule has 9 heteroatoms. The van der Waals surface area contributed by atoms with E-state index in [0.29, 0.717) is 37.1 Å². The molecule has 0 unspecified atom stereocenters. The quantitative estimate of drug-likeness (QED) is 0.528. The number of piperidine rings is 1. The molecule has 26 heavy (non-hydrogen) atoms. The molecule has 0 saturated carbocycles. The van der Waals surface area contributed by atoms with E-state index < -0.39 is 17.7 Å². The summed E-state index contributed by atoms with van der Waals surface area (Å²) in [5.41, 5.74) is 5.74. The minimum absolute atomic E-state index is 0.0575. The average Bonchev–Trinajstić information content (AvgIpc) is 2.89. The summed E-state index contributed by atoms with van der Waals surface area (Å²) in [4.78, 5) is 38.1. The van der Waals surface area contributed by atoms with Crippen molar-refractivity contribution in [3.05, 3.63) is 35.4 Å². The van der Waals surface area contributed by atoms with Gasteiger partial charge < -0.3 is 20.5 Å². The highest BCUT2D eigenvalue weighted by Gasteiger charge is 2.47. The molecule has 0 radical (unpaired) electrons. The minimum atomic E-state index is -1.08. The molecule has 4 N–H and O–H groups in total. The molecule has 3 rings (SSSR count). The van der Waals surface area contributed by atoms with Crippen LogP contribution >= 0.6 is 0 Å². The Kier molecular flexibility index (Phi) is 4.54. The number of nitrogens with one attached hydrogen (secondary N) is 1. The number of carboxylic acids is 1. The number of hydrogen-bond donors (Lipinski definition) is 3. The Hall–Kier alpha value is -3.10. The Labute approximate surface area is 149 Å². The number of rotatable bonds is 4. The zero-order chi connectivity index (χ0) is 18.9. The van der Waals surface area contributed by atoms with Gasteiger partial charge in [0.25, 0.3) is 5.91 Å². The number of nitrogens with two attached hydrogens (primary N) is 1. The van der Waals surface area contributed by atoms with E-state index in [2.05, 4.69) is 0 Å². The largest absolute Gasteiger partial charge is 0.480 e. The summed E-state index contributed by atoms with van der Waals surface area (Å²) >= 11 is 0. The Bertz CT molecular complexity index is 753. The van der Waals surface area contributed by atoms with Gasteiger partial charge in [-0.3, -0.25) is 19.9 Å². The Balaban J connectivity index is 1.61. The highest BCUT2D eigenvalue weighted by Crippen LogP contribution is 2.33. The van der Waals surface area contributed by atoms with Gasteiger partial charge in [-0.15, -0.1) is 0 Å². The van der Waals surface area contributed by atoms with Crippen LogP contribution < -0.4 is 5.73 Å². The summed E-state index contributed by atoms with van der Waals surface area (Å²) in [6.45, 7) is 0.683. The Morgan fingerprint density at radius 1 is 1.19 bits per heavy atom. The third-order valence-electron chi connectivity index (χ3n) is 4.77. The lowest BCUT2D eigenvalue weighted by molar-refractivity contribution is -0.137. The maximum absolute atomic E-state index is 12.6. The first kappa shape index (κ1) is 17.7. The van der Waals surface area contributed by atoms with E-state index in [-0.39, 0.29) is 24.8 Å². The molecule has 9 nitrogen and oxygen atoms in total. The van der Waals surface area contributed by atoms with Crippen LogP contribution in [0.2, 0.25) is 0 Å². The average molecular weight is 360 g/mol. The van der Waals surface area contributed by atoms with Gasteiger partial charge in [-0.2, -0.15) is 0 Å². The molecule has 2 fully saturated rings. The van der Waals surface area contributed by atoms with E-state index in [1.807, 2.05) is 0 Å². The third-order valence-corrected chi connectivity index (χ3v) is 4.77. The van der Waals surface area contributed by atoms with Gasteiger partial charge in [0.15, 0.2) is 0 Å². The topological polar surface area (TPSA) is 137 Å². The van der Waals surface area contributed by atoms with E-state index in [1.165, 1.54) is 4.90 Å². The van der Waals surface area contributed by atoms with Crippen LogP contribution in [0.25, 0.3) is 0 Å². The first-order chi connectivity index (χ1) is 12.3. The van der Waals surface area contributed by atoms with Gasteiger partial charge in [-0.05, 0) is 12.1 Å². The standard InChI is InChI=1S/C17H20N4O5/c18-14(19)11-1-3-12(4-2-11)15(24)20-7-5-17(6-8-20)10-21(9-13(22)23)16(25)26-17/h1-4H,5-10H2,(H3,18,19)(H,22,23). The zero-order valence-electron chi connectivity index (χ0n) is 14.1. The molecule has 0 aliphatic carbocycles.